The Balaban J connectivity index is 1.87. The van der Waals surface area contributed by atoms with Gasteiger partial charge in [-0.15, -0.1) is 0 Å². The van der Waals surface area contributed by atoms with Gasteiger partial charge in [-0.05, 0) is 42.0 Å². The summed E-state index contributed by atoms with van der Waals surface area (Å²) in [7, 11) is 3.38. The number of likely N-dealkylation sites (N-methyl/N-ethyl adjacent to an activating group) is 1. The third-order valence-electron chi connectivity index (χ3n) is 3.16. The largest absolute Gasteiger partial charge is 0.497 e. The summed E-state index contributed by atoms with van der Waals surface area (Å²) in [6.45, 7) is 0.530. The molecular weight excluding hydrogens is 346 g/mol. The highest BCUT2D eigenvalue weighted by atomic mass is 79.9. The molecule has 116 valence electrons. The van der Waals surface area contributed by atoms with Crippen LogP contribution in [0.15, 0.2) is 53.0 Å². The van der Waals surface area contributed by atoms with Crippen LogP contribution in [0, 0.1) is 0 Å². The highest BCUT2D eigenvalue weighted by molar-refractivity contribution is 9.10. The van der Waals surface area contributed by atoms with Crippen LogP contribution in [0.3, 0.4) is 0 Å². The van der Waals surface area contributed by atoms with E-state index in [0.29, 0.717) is 12.3 Å². The molecule has 0 bridgehead atoms. The monoisotopic (exact) mass is 363 g/mol. The highest BCUT2D eigenvalue weighted by Crippen LogP contribution is 2.17. The lowest BCUT2D eigenvalue weighted by atomic mass is 10.2. The fourth-order valence-corrected chi connectivity index (χ4v) is 2.18. The molecule has 0 fully saturated rings. The molecular formula is C17H18BrNO3. The summed E-state index contributed by atoms with van der Waals surface area (Å²) in [4.78, 5) is 13.7. The second kappa shape index (κ2) is 7.84. The molecule has 0 aliphatic rings. The zero-order valence-corrected chi connectivity index (χ0v) is 14.2. The summed E-state index contributed by atoms with van der Waals surface area (Å²) in [6, 6.07) is 15.0. The summed E-state index contributed by atoms with van der Waals surface area (Å²) in [6.07, 6.45) is 0. The van der Waals surface area contributed by atoms with Gasteiger partial charge in [0.25, 0.3) is 5.91 Å². The van der Waals surface area contributed by atoms with E-state index in [2.05, 4.69) is 15.9 Å². The van der Waals surface area contributed by atoms with E-state index in [0.717, 1.165) is 15.8 Å². The predicted octanol–water partition coefficient (Wildman–Crippen LogP) is 3.50. The van der Waals surface area contributed by atoms with Crippen molar-refractivity contribution in [2.75, 3.05) is 20.8 Å². The molecule has 0 saturated carbocycles. The van der Waals surface area contributed by atoms with Crippen molar-refractivity contribution in [2.45, 2.75) is 6.54 Å². The third kappa shape index (κ3) is 4.77. The van der Waals surface area contributed by atoms with Crippen molar-refractivity contribution in [1.29, 1.82) is 0 Å². The first-order valence-corrected chi connectivity index (χ1v) is 7.63. The second-order valence-electron chi connectivity index (χ2n) is 4.84. The van der Waals surface area contributed by atoms with Gasteiger partial charge >= 0.3 is 0 Å². The molecule has 2 rings (SSSR count). The van der Waals surface area contributed by atoms with E-state index in [-0.39, 0.29) is 12.5 Å². The molecule has 4 nitrogen and oxygen atoms in total. The molecule has 5 heteroatoms. The lowest BCUT2D eigenvalue weighted by molar-refractivity contribution is -0.132. The van der Waals surface area contributed by atoms with Crippen LogP contribution < -0.4 is 9.47 Å². The van der Waals surface area contributed by atoms with Crippen LogP contribution in [0.4, 0.5) is 0 Å². The molecule has 0 aromatic heterocycles. The van der Waals surface area contributed by atoms with Crippen LogP contribution in [0.25, 0.3) is 0 Å². The molecule has 0 aliphatic carbocycles. The molecule has 1 amide bonds. The Bertz CT molecular complexity index is 628. The summed E-state index contributed by atoms with van der Waals surface area (Å²) >= 11 is 3.36. The number of nitrogens with zero attached hydrogens (tertiary/aromatic N) is 1. The number of hydrogen-bond donors (Lipinski definition) is 0. The van der Waals surface area contributed by atoms with Crippen LogP contribution in [-0.2, 0) is 11.3 Å². The molecule has 0 aliphatic heterocycles. The van der Waals surface area contributed by atoms with Crippen molar-refractivity contribution in [2.24, 2.45) is 0 Å². The maximum atomic E-state index is 12.1. The van der Waals surface area contributed by atoms with E-state index in [9.17, 15) is 4.79 Å². The Labute approximate surface area is 138 Å². The van der Waals surface area contributed by atoms with Crippen LogP contribution in [-0.4, -0.2) is 31.6 Å². The van der Waals surface area contributed by atoms with Crippen molar-refractivity contribution in [3.05, 3.63) is 58.6 Å². The van der Waals surface area contributed by atoms with Crippen LogP contribution in [0.5, 0.6) is 11.5 Å². The molecule has 0 spiro atoms. The zero-order valence-electron chi connectivity index (χ0n) is 12.6. The first kappa shape index (κ1) is 16.4. The normalized spacial score (nSPS) is 10.1. The van der Waals surface area contributed by atoms with E-state index in [1.165, 1.54) is 0 Å². The smallest absolute Gasteiger partial charge is 0.260 e. The molecule has 22 heavy (non-hydrogen) atoms. The quantitative estimate of drug-likeness (QED) is 0.788. The number of carbonyl (C=O) groups is 1. The Morgan fingerprint density at radius 1 is 1.14 bits per heavy atom. The SMILES string of the molecule is COc1cccc(CN(C)C(=O)COc2ccc(Br)cc2)c1. The van der Waals surface area contributed by atoms with E-state index >= 15 is 0 Å². The Morgan fingerprint density at radius 2 is 1.86 bits per heavy atom. The van der Waals surface area contributed by atoms with Crippen LogP contribution in [0.2, 0.25) is 0 Å². The lowest BCUT2D eigenvalue weighted by Crippen LogP contribution is -2.30. The molecule has 0 unspecified atom stereocenters. The summed E-state index contributed by atoms with van der Waals surface area (Å²) < 4.78 is 11.6. The van der Waals surface area contributed by atoms with Gasteiger partial charge in [0.1, 0.15) is 11.5 Å². The minimum Gasteiger partial charge on any atom is -0.497 e. The number of benzene rings is 2. The topological polar surface area (TPSA) is 38.8 Å². The lowest BCUT2D eigenvalue weighted by Gasteiger charge is -2.18. The van der Waals surface area contributed by atoms with Gasteiger partial charge in [-0.2, -0.15) is 0 Å². The highest BCUT2D eigenvalue weighted by Gasteiger charge is 2.10. The number of amides is 1. The van der Waals surface area contributed by atoms with Gasteiger partial charge in [0, 0.05) is 18.1 Å². The van der Waals surface area contributed by atoms with Crippen molar-refractivity contribution in [3.8, 4) is 11.5 Å². The average Bonchev–Trinajstić information content (AvgIpc) is 2.54. The van der Waals surface area contributed by atoms with E-state index in [1.54, 1.807) is 19.1 Å². The van der Waals surface area contributed by atoms with E-state index in [1.807, 2.05) is 48.5 Å². The van der Waals surface area contributed by atoms with Crippen molar-refractivity contribution in [1.82, 2.24) is 4.90 Å². The van der Waals surface area contributed by atoms with Gasteiger partial charge in [0.15, 0.2) is 6.61 Å². The zero-order chi connectivity index (χ0) is 15.9. The summed E-state index contributed by atoms with van der Waals surface area (Å²) in [5, 5.41) is 0. The number of rotatable bonds is 6. The average molecular weight is 364 g/mol. The minimum absolute atomic E-state index is 0.0160. The molecule has 0 saturated heterocycles. The first-order valence-electron chi connectivity index (χ1n) is 6.84. The van der Waals surface area contributed by atoms with E-state index < -0.39 is 0 Å². The number of ether oxygens (including phenoxy) is 2. The number of hydrogen-bond acceptors (Lipinski definition) is 3. The fourth-order valence-electron chi connectivity index (χ4n) is 1.92. The molecule has 0 heterocycles. The van der Waals surface area contributed by atoms with Gasteiger partial charge in [0.05, 0.1) is 7.11 Å². The molecule has 2 aromatic carbocycles. The first-order chi connectivity index (χ1) is 10.6. The van der Waals surface area contributed by atoms with Crippen molar-refractivity contribution >= 4 is 21.8 Å². The Morgan fingerprint density at radius 3 is 2.55 bits per heavy atom. The van der Waals surface area contributed by atoms with Crippen molar-refractivity contribution in [3.63, 3.8) is 0 Å². The fraction of sp³-hybridized carbons (Fsp3) is 0.235. The minimum atomic E-state index is -0.0780. The Hall–Kier alpha value is -2.01. The molecule has 0 radical (unpaired) electrons. The van der Waals surface area contributed by atoms with Gasteiger partial charge < -0.3 is 14.4 Å². The standard InChI is InChI=1S/C17H18BrNO3/c1-19(11-13-4-3-5-16(10-13)21-2)17(20)12-22-15-8-6-14(18)7-9-15/h3-10H,11-12H2,1-2H3. The number of halogens is 1. The molecule has 0 N–H and O–H groups in total. The third-order valence-corrected chi connectivity index (χ3v) is 3.68. The van der Waals surface area contributed by atoms with Crippen LogP contribution in [0.1, 0.15) is 5.56 Å². The van der Waals surface area contributed by atoms with Crippen molar-refractivity contribution < 1.29 is 14.3 Å². The van der Waals surface area contributed by atoms with Gasteiger partial charge in [0.2, 0.25) is 0 Å². The molecule has 0 atom stereocenters. The number of methoxy groups -OCH3 is 1. The molecule has 2 aromatic rings. The van der Waals surface area contributed by atoms with Gasteiger partial charge in [-0.1, -0.05) is 28.1 Å². The maximum absolute atomic E-state index is 12.1. The van der Waals surface area contributed by atoms with Gasteiger partial charge in [-0.3, -0.25) is 4.79 Å². The van der Waals surface area contributed by atoms with Crippen LogP contribution >= 0.6 is 15.9 Å². The summed E-state index contributed by atoms with van der Waals surface area (Å²) in [5.41, 5.74) is 1.01. The Kier molecular flexibility index (Phi) is 5.83. The predicted molar refractivity (Wildman–Crippen MR) is 89.1 cm³/mol. The maximum Gasteiger partial charge on any atom is 0.260 e. The summed E-state index contributed by atoms with van der Waals surface area (Å²) in [5.74, 6) is 1.38. The number of carbonyl (C=O) groups excluding carboxylic acids is 1. The van der Waals surface area contributed by atoms with E-state index in [4.69, 9.17) is 9.47 Å². The van der Waals surface area contributed by atoms with Gasteiger partial charge in [-0.25, -0.2) is 0 Å². The second-order valence-corrected chi connectivity index (χ2v) is 5.76.